The second kappa shape index (κ2) is 5.49. The molecule has 2 aromatic heterocycles. The minimum absolute atomic E-state index is 0.00223. The summed E-state index contributed by atoms with van der Waals surface area (Å²) in [6.45, 7) is 3.65. The van der Waals surface area contributed by atoms with Gasteiger partial charge in [-0.3, -0.25) is 9.48 Å². The van der Waals surface area contributed by atoms with Crippen molar-refractivity contribution in [1.82, 2.24) is 25.0 Å². The van der Waals surface area contributed by atoms with Gasteiger partial charge in [-0.1, -0.05) is 0 Å². The molecule has 2 aliphatic rings. The molecule has 4 rings (SSSR count). The molecule has 4 heterocycles. The Morgan fingerprint density at radius 2 is 2.17 bits per heavy atom. The highest BCUT2D eigenvalue weighted by molar-refractivity contribution is 5.94. The fourth-order valence-corrected chi connectivity index (χ4v) is 3.69. The third kappa shape index (κ3) is 2.45. The van der Waals surface area contributed by atoms with Gasteiger partial charge in [0.05, 0.1) is 11.8 Å². The van der Waals surface area contributed by atoms with Gasteiger partial charge < -0.3 is 14.6 Å². The van der Waals surface area contributed by atoms with E-state index in [9.17, 15) is 4.79 Å². The minimum Gasteiger partial charge on any atom is -0.440 e. The number of hydrogen-bond acceptors (Lipinski definition) is 5. The van der Waals surface area contributed by atoms with Gasteiger partial charge in [0.25, 0.3) is 5.91 Å². The van der Waals surface area contributed by atoms with Crippen molar-refractivity contribution >= 4 is 5.91 Å². The Bertz CT molecular complexity index is 721. The first-order valence-electron chi connectivity index (χ1n) is 8.13. The van der Waals surface area contributed by atoms with Crippen molar-refractivity contribution < 1.29 is 9.21 Å². The molecule has 7 heteroatoms. The van der Waals surface area contributed by atoms with Crippen LogP contribution in [-0.2, 0) is 7.05 Å². The second-order valence-corrected chi connectivity index (χ2v) is 6.42. The van der Waals surface area contributed by atoms with Crippen molar-refractivity contribution in [1.29, 1.82) is 0 Å². The predicted octanol–water partition coefficient (Wildman–Crippen LogP) is 1.35. The molecule has 1 amide bonds. The molecule has 23 heavy (non-hydrogen) atoms. The number of oxazole rings is 1. The Kier molecular flexibility index (Phi) is 3.45. The summed E-state index contributed by atoms with van der Waals surface area (Å²) in [5.41, 5.74) is 1.22. The van der Waals surface area contributed by atoms with Crippen LogP contribution in [0.15, 0.2) is 16.8 Å². The average Bonchev–Trinajstić information content (AvgIpc) is 3.15. The van der Waals surface area contributed by atoms with Crippen LogP contribution < -0.4 is 5.32 Å². The molecule has 2 unspecified atom stereocenters. The summed E-state index contributed by atoms with van der Waals surface area (Å²) in [6.07, 6.45) is 6.69. The number of fused-ring (bicyclic) bond motifs is 2. The number of carbonyl (C=O) groups is 1. The summed E-state index contributed by atoms with van der Waals surface area (Å²) in [4.78, 5) is 19.5. The highest BCUT2D eigenvalue weighted by atomic mass is 16.4. The zero-order valence-corrected chi connectivity index (χ0v) is 13.5. The molecular formula is C16H21N5O2. The number of aryl methyl sites for hydroxylation is 2. The molecule has 2 saturated heterocycles. The first-order chi connectivity index (χ1) is 11.1. The fourth-order valence-electron chi connectivity index (χ4n) is 3.69. The van der Waals surface area contributed by atoms with Crippen LogP contribution in [0.25, 0.3) is 11.5 Å². The van der Waals surface area contributed by atoms with Crippen LogP contribution in [0.4, 0.5) is 0 Å². The van der Waals surface area contributed by atoms with Crippen molar-refractivity contribution in [3.63, 3.8) is 0 Å². The summed E-state index contributed by atoms with van der Waals surface area (Å²) >= 11 is 0. The van der Waals surface area contributed by atoms with Gasteiger partial charge in [0, 0.05) is 31.9 Å². The first-order valence-corrected chi connectivity index (χ1v) is 8.13. The molecule has 7 nitrogen and oxygen atoms in total. The zero-order chi connectivity index (χ0) is 16.0. The molecule has 0 aliphatic carbocycles. The topological polar surface area (TPSA) is 76.2 Å². The summed E-state index contributed by atoms with van der Waals surface area (Å²) in [5.74, 6) is 1.03. The van der Waals surface area contributed by atoms with Gasteiger partial charge in [0.15, 0.2) is 5.69 Å². The molecule has 2 fully saturated rings. The third-order valence-electron chi connectivity index (χ3n) is 4.84. The van der Waals surface area contributed by atoms with Gasteiger partial charge in [0.1, 0.15) is 5.76 Å². The Balaban J connectivity index is 1.65. The molecule has 0 saturated carbocycles. The quantitative estimate of drug-likeness (QED) is 0.905. The molecule has 0 aromatic carbocycles. The summed E-state index contributed by atoms with van der Waals surface area (Å²) in [5, 5.41) is 7.54. The van der Waals surface area contributed by atoms with Crippen molar-refractivity contribution in [2.45, 2.75) is 38.3 Å². The maximum absolute atomic E-state index is 13.0. The zero-order valence-electron chi connectivity index (χ0n) is 13.5. The van der Waals surface area contributed by atoms with E-state index >= 15 is 0 Å². The maximum atomic E-state index is 13.0. The highest BCUT2D eigenvalue weighted by Crippen LogP contribution is 2.31. The maximum Gasteiger partial charge on any atom is 0.276 e. The van der Waals surface area contributed by atoms with Crippen LogP contribution in [-0.4, -0.2) is 50.7 Å². The van der Waals surface area contributed by atoms with Crippen molar-refractivity contribution in [3.05, 3.63) is 23.8 Å². The Morgan fingerprint density at radius 1 is 1.35 bits per heavy atom. The van der Waals surface area contributed by atoms with E-state index in [1.807, 2.05) is 18.1 Å². The lowest BCUT2D eigenvalue weighted by molar-refractivity contribution is 0.0673. The number of amides is 1. The standard InChI is InChI=1S/C16H21N5O2/c1-10-14(19-15(23-10)11-7-18-20(2)9-11)16(22)21-12-3-4-13(21)8-17-6-5-12/h7,9,12-13,17H,3-6,8H2,1-2H3. The van der Waals surface area contributed by atoms with E-state index in [-0.39, 0.29) is 11.9 Å². The van der Waals surface area contributed by atoms with Gasteiger partial charge >= 0.3 is 0 Å². The van der Waals surface area contributed by atoms with E-state index in [1.54, 1.807) is 17.8 Å². The monoisotopic (exact) mass is 315 g/mol. The number of hydrogen-bond donors (Lipinski definition) is 1. The molecule has 122 valence electrons. The van der Waals surface area contributed by atoms with Gasteiger partial charge in [-0.15, -0.1) is 0 Å². The Hall–Kier alpha value is -2.15. The number of rotatable bonds is 2. The van der Waals surface area contributed by atoms with Crippen molar-refractivity contribution in [2.24, 2.45) is 7.05 Å². The normalized spacial score (nSPS) is 24.0. The molecule has 2 bridgehead atoms. The van der Waals surface area contributed by atoms with Crippen molar-refractivity contribution in [2.75, 3.05) is 13.1 Å². The van der Waals surface area contributed by atoms with Gasteiger partial charge in [-0.05, 0) is 32.7 Å². The number of nitrogens with zero attached hydrogens (tertiary/aromatic N) is 4. The van der Waals surface area contributed by atoms with Gasteiger partial charge in [-0.2, -0.15) is 5.10 Å². The van der Waals surface area contributed by atoms with Crippen LogP contribution in [0, 0.1) is 6.92 Å². The van der Waals surface area contributed by atoms with Crippen LogP contribution in [0.5, 0.6) is 0 Å². The molecule has 1 N–H and O–H groups in total. The average molecular weight is 315 g/mol. The van der Waals surface area contributed by atoms with Crippen LogP contribution in [0.3, 0.4) is 0 Å². The van der Waals surface area contributed by atoms with E-state index in [2.05, 4.69) is 15.4 Å². The van der Waals surface area contributed by atoms with Crippen molar-refractivity contribution in [3.8, 4) is 11.5 Å². The lowest BCUT2D eigenvalue weighted by Gasteiger charge is -2.27. The van der Waals surface area contributed by atoms with Gasteiger partial charge in [-0.25, -0.2) is 4.98 Å². The Labute approximate surface area is 134 Å². The van der Waals surface area contributed by atoms with Gasteiger partial charge in [0.2, 0.25) is 5.89 Å². The van der Waals surface area contributed by atoms with E-state index in [1.165, 1.54) is 0 Å². The fraction of sp³-hybridized carbons (Fsp3) is 0.562. The summed E-state index contributed by atoms with van der Waals surface area (Å²) in [7, 11) is 1.84. The first kappa shape index (κ1) is 14.4. The number of aromatic nitrogens is 3. The SMILES string of the molecule is Cc1oc(-c2cnn(C)c2)nc1C(=O)N1C2CCNCC1CC2. The lowest BCUT2D eigenvalue weighted by Crippen LogP contribution is -2.42. The molecule has 2 atom stereocenters. The molecular weight excluding hydrogens is 294 g/mol. The third-order valence-corrected chi connectivity index (χ3v) is 4.84. The number of nitrogens with one attached hydrogen (secondary N) is 1. The second-order valence-electron chi connectivity index (χ2n) is 6.42. The van der Waals surface area contributed by atoms with E-state index in [0.29, 0.717) is 23.4 Å². The Morgan fingerprint density at radius 3 is 2.96 bits per heavy atom. The lowest BCUT2D eigenvalue weighted by atomic mass is 10.1. The van der Waals surface area contributed by atoms with E-state index < -0.39 is 0 Å². The molecule has 2 aromatic rings. The van der Waals surface area contributed by atoms with E-state index in [4.69, 9.17) is 4.42 Å². The smallest absolute Gasteiger partial charge is 0.276 e. The highest BCUT2D eigenvalue weighted by Gasteiger charge is 2.40. The van der Waals surface area contributed by atoms with Crippen LogP contribution in [0.2, 0.25) is 0 Å². The minimum atomic E-state index is -0.00223. The largest absolute Gasteiger partial charge is 0.440 e. The molecule has 0 radical (unpaired) electrons. The predicted molar refractivity (Wildman–Crippen MR) is 83.9 cm³/mol. The molecule has 2 aliphatic heterocycles. The molecule has 0 spiro atoms. The van der Waals surface area contributed by atoms with E-state index in [0.717, 1.165) is 37.9 Å². The summed E-state index contributed by atoms with van der Waals surface area (Å²) < 4.78 is 7.41. The van der Waals surface area contributed by atoms with Crippen LogP contribution >= 0.6 is 0 Å². The number of carbonyl (C=O) groups excluding carboxylic acids is 1. The van der Waals surface area contributed by atoms with Crippen LogP contribution in [0.1, 0.15) is 35.5 Å². The summed E-state index contributed by atoms with van der Waals surface area (Å²) in [6, 6.07) is 0.591.